The summed E-state index contributed by atoms with van der Waals surface area (Å²) >= 11 is 0. The normalized spacial score (nSPS) is 11.8. The number of hydrogen-bond acceptors (Lipinski definition) is 3. The molecule has 0 saturated heterocycles. The maximum atomic E-state index is 11.7. The van der Waals surface area contributed by atoms with E-state index in [9.17, 15) is 4.79 Å². The average molecular weight is 360 g/mol. The maximum Gasteiger partial charge on any atom is 0.380 e. The summed E-state index contributed by atoms with van der Waals surface area (Å²) < 4.78 is 6.32. The molecule has 4 heteroatoms. The molecule has 0 N–H and O–H groups in total. The third-order valence-corrected chi connectivity index (χ3v) is 8.17. The van der Waals surface area contributed by atoms with Crippen molar-refractivity contribution in [3.05, 3.63) is 91.0 Å². The molecule has 0 heterocycles. The van der Waals surface area contributed by atoms with Gasteiger partial charge in [0.2, 0.25) is 0 Å². The Morgan fingerprint density at radius 1 is 0.692 bits per heavy atom. The number of hydrogen-bond donors (Lipinski definition) is 0. The SMILES string of the molecule is CC(=O)/C(C)=N/O[Si](c1ccccc1)(c1ccccc1)c1ccccc1. The zero-order valence-electron chi connectivity index (χ0n) is 14.9. The summed E-state index contributed by atoms with van der Waals surface area (Å²) in [7, 11) is -2.87. The first-order chi connectivity index (χ1) is 12.6. The van der Waals surface area contributed by atoms with E-state index in [0.717, 1.165) is 15.6 Å². The smallest absolute Gasteiger partial charge is 0.380 e. The Morgan fingerprint density at radius 3 is 1.35 bits per heavy atom. The molecule has 130 valence electrons. The summed E-state index contributed by atoms with van der Waals surface area (Å²) in [4.78, 5) is 11.7. The molecule has 3 aromatic carbocycles. The topological polar surface area (TPSA) is 38.7 Å². The quantitative estimate of drug-likeness (QED) is 0.294. The van der Waals surface area contributed by atoms with Crippen molar-refractivity contribution in [2.45, 2.75) is 13.8 Å². The number of carbonyl (C=O) groups is 1. The van der Waals surface area contributed by atoms with Crippen LogP contribution in [-0.2, 0) is 9.32 Å². The van der Waals surface area contributed by atoms with E-state index in [2.05, 4.69) is 41.6 Å². The van der Waals surface area contributed by atoms with Crippen molar-refractivity contribution in [1.82, 2.24) is 0 Å². The van der Waals surface area contributed by atoms with Gasteiger partial charge >= 0.3 is 8.32 Å². The molecule has 26 heavy (non-hydrogen) atoms. The first-order valence-corrected chi connectivity index (χ1v) is 10.5. The van der Waals surface area contributed by atoms with Crippen molar-refractivity contribution >= 4 is 35.4 Å². The number of benzene rings is 3. The Balaban J connectivity index is 2.28. The molecule has 3 rings (SSSR count). The summed E-state index contributed by atoms with van der Waals surface area (Å²) in [5, 5.41) is 7.50. The third kappa shape index (κ3) is 3.50. The van der Waals surface area contributed by atoms with Gasteiger partial charge in [0.1, 0.15) is 5.71 Å². The highest BCUT2D eigenvalue weighted by Crippen LogP contribution is 2.10. The van der Waals surface area contributed by atoms with Crippen molar-refractivity contribution in [2.24, 2.45) is 5.16 Å². The van der Waals surface area contributed by atoms with E-state index >= 15 is 0 Å². The van der Waals surface area contributed by atoms with Gasteiger partial charge in [-0.2, -0.15) is 0 Å². The number of carbonyl (C=O) groups excluding carboxylic acids is 1. The average Bonchev–Trinajstić information content (AvgIpc) is 2.70. The highest BCUT2D eigenvalue weighted by molar-refractivity contribution is 7.07. The van der Waals surface area contributed by atoms with Crippen molar-refractivity contribution in [2.75, 3.05) is 0 Å². The standard InChI is InChI=1S/C22H21NO2Si/c1-18(19(2)24)23-25-26(20-12-6-3-7-13-20,21-14-8-4-9-15-21)22-16-10-5-11-17-22/h3-17H,1-2H3/b23-18+. The Kier molecular flexibility index (Phi) is 5.44. The number of ketones is 1. The zero-order valence-corrected chi connectivity index (χ0v) is 15.9. The second-order valence-electron chi connectivity index (χ2n) is 6.10. The van der Waals surface area contributed by atoms with Crippen LogP contribution >= 0.6 is 0 Å². The molecule has 0 spiro atoms. The highest BCUT2D eigenvalue weighted by Gasteiger charge is 2.44. The van der Waals surface area contributed by atoms with E-state index in [0.29, 0.717) is 5.71 Å². The van der Waals surface area contributed by atoms with Crippen LogP contribution in [0.4, 0.5) is 0 Å². The molecular formula is C22H21NO2Si. The second kappa shape index (κ2) is 7.93. The molecule has 0 atom stereocenters. The lowest BCUT2D eigenvalue weighted by molar-refractivity contribution is -0.111. The minimum atomic E-state index is -2.87. The van der Waals surface area contributed by atoms with Crippen molar-refractivity contribution in [1.29, 1.82) is 0 Å². The van der Waals surface area contributed by atoms with Gasteiger partial charge < -0.3 is 4.53 Å². The van der Waals surface area contributed by atoms with E-state index in [1.165, 1.54) is 6.92 Å². The van der Waals surface area contributed by atoms with E-state index < -0.39 is 8.32 Å². The van der Waals surface area contributed by atoms with Crippen LogP contribution in [0, 0.1) is 0 Å². The van der Waals surface area contributed by atoms with Gasteiger partial charge in [0.25, 0.3) is 0 Å². The van der Waals surface area contributed by atoms with Gasteiger partial charge in [-0.1, -0.05) is 91.0 Å². The molecule has 0 aromatic heterocycles. The minimum Gasteiger partial charge on any atom is -0.438 e. The van der Waals surface area contributed by atoms with Crippen molar-refractivity contribution < 1.29 is 9.32 Å². The molecule has 0 saturated carbocycles. The summed E-state index contributed by atoms with van der Waals surface area (Å²) in [6.45, 7) is 3.18. The first kappa shape index (κ1) is 17.8. The van der Waals surface area contributed by atoms with E-state index in [4.69, 9.17) is 4.53 Å². The van der Waals surface area contributed by atoms with Gasteiger partial charge in [-0.15, -0.1) is 5.16 Å². The summed E-state index contributed by atoms with van der Waals surface area (Å²) in [6.07, 6.45) is 0. The Labute approximate surface area is 155 Å². The fraction of sp³-hybridized carbons (Fsp3) is 0.0909. The molecule has 0 amide bonds. The molecule has 0 aliphatic carbocycles. The molecule has 0 radical (unpaired) electrons. The number of Topliss-reactive ketones (excluding diaryl/α,β-unsaturated/α-hetero) is 1. The number of oxime groups is 1. The van der Waals surface area contributed by atoms with Crippen LogP contribution in [0.1, 0.15) is 13.8 Å². The Morgan fingerprint density at radius 2 is 1.04 bits per heavy atom. The number of nitrogens with zero attached hydrogens (tertiary/aromatic N) is 1. The Hall–Kier alpha value is -2.98. The number of rotatable bonds is 6. The van der Waals surface area contributed by atoms with Crippen LogP contribution in [0.3, 0.4) is 0 Å². The molecule has 0 unspecified atom stereocenters. The molecule has 0 fully saturated rings. The predicted molar refractivity (Wildman–Crippen MR) is 109 cm³/mol. The van der Waals surface area contributed by atoms with Crippen LogP contribution in [0.5, 0.6) is 0 Å². The van der Waals surface area contributed by atoms with Gasteiger partial charge in [-0.05, 0) is 22.5 Å². The molecule has 3 aromatic rings. The van der Waals surface area contributed by atoms with E-state index in [1.54, 1.807) is 6.92 Å². The van der Waals surface area contributed by atoms with Gasteiger partial charge in [0.05, 0.1) is 0 Å². The molecule has 3 nitrogen and oxygen atoms in total. The lowest BCUT2D eigenvalue weighted by Gasteiger charge is -2.30. The third-order valence-electron chi connectivity index (χ3n) is 4.37. The molecule has 0 aliphatic heterocycles. The largest absolute Gasteiger partial charge is 0.438 e. The Bertz CT molecular complexity index is 797. The van der Waals surface area contributed by atoms with Crippen LogP contribution < -0.4 is 15.6 Å². The van der Waals surface area contributed by atoms with Gasteiger partial charge in [-0.3, -0.25) is 4.79 Å². The molecular weight excluding hydrogens is 338 g/mol. The minimum absolute atomic E-state index is 0.0953. The monoisotopic (exact) mass is 359 g/mol. The fourth-order valence-corrected chi connectivity index (χ4v) is 6.45. The van der Waals surface area contributed by atoms with Crippen molar-refractivity contribution in [3.8, 4) is 0 Å². The maximum absolute atomic E-state index is 11.7. The fourth-order valence-electron chi connectivity index (χ4n) is 2.88. The zero-order chi connectivity index (χ0) is 18.4. The van der Waals surface area contributed by atoms with E-state index in [-0.39, 0.29) is 5.78 Å². The summed E-state index contributed by atoms with van der Waals surface area (Å²) in [5.41, 5.74) is 0.365. The second-order valence-corrected chi connectivity index (χ2v) is 9.38. The highest BCUT2D eigenvalue weighted by atomic mass is 28.4. The first-order valence-electron chi connectivity index (χ1n) is 8.55. The molecule has 0 aliphatic rings. The predicted octanol–water partition coefficient (Wildman–Crippen LogP) is 2.64. The van der Waals surface area contributed by atoms with Crippen LogP contribution in [0.15, 0.2) is 96.2 Å². The van der Waals surface area contributed by atoms with Crippen LogP contribution in [0.2, 0.25) is 0 Å². The summed E-state index contributed by atoms with van der Waals surface area (Å²) in [5.74, 6) is -0.0953. The lowest BCUT2D eigenvalue weighted by Crippen LogP contribution is -2.68. The van der Waals surface area contributed by atoms with Gasteiger partial charge in [0, 0.05) is 6.92 Å². The molecule has 0 bridgehead atoms. The van der Waals surface area contributed by atoms with Gasteiger partial charge in [-0.25, -0.2) is 0 Å². The van der Waals surface area contributed by atoms with Gasteiger partial charge in [0.15, 0.2) is 5.78 Å². The van der Waals surface area contributed by atoms with Crippen molar-refractivity contribution in [3.63, 3.8) is 0 Å². The van der Waals surface area contributed by atoms with Crippen LogP contribution in [0.25, 0.3) is 0 Å². The van der Waals surface area contributed by atoms with E-state index in [1.807, 2.05) is 54.6 Å². The summed E-state index contributed by atoms with van der Waals surface area (Å²) in [6, 6.07) is 30.5. The van der Waals surface area contributed by atoms with Crippen LogP contribution in [-0.4, -0.2) is 19.8 Å². The lowest BCUT2D eigenvalue weighted by atomic mass is 10.3.